The Morgan fingerprint density at radius 3 is 2.39 bits per heavy atom. The molecule has 0 saturated carbocycles. The molecule has 9 heteroatoms. The van der Waals surface area contributed by atoms with Gasteiger partial charge in [0.25, 0.3) is 11.5 Å². The molecule has 4 atom stereocenters. The number of para-hydroxylation sites is 2. The maximum atomic E-state index is 14.5. The molecule has 6 rings (SSSR count). The summed E-state index contributed by atoms with van der Waals surface area (Å²) in [5, 5.41) is 13.6. The number of anilines is 2. The summed E-state index contributed by atoms with van der Waals surface area (Å²) < 4.78 is 8.19. The van der Waals surface area contributed by atoms with Crippen LogP contribution in [0.1, 0.15) is 18.9 Å². The maximum absolute atomic E-state index is 14.5. The molecule has 0 aliphatic carbocycles. The van der Waals surface area contributed by atoms with Crippen molar-refractivity contribution >= 4 is 36.5 Å². The van der Waals surface area contributed by atoms with Crippen molar-refractivity contribution in [3.8, 4) is 5.69 Å². The lowest BCUT2D eigenvalue weighted by atomic mass is 9.82. The summed E-state index contributed by atoms with van der Waals surface area (Å²) in [5.74, 6) is -0.587. The van der Waals surface area contributed by atoms with Crippen molar-refractivity contribution in [1.29, 1.82) is 0 Å². The van der Waals surface area contributed by atoms with E-state index in [0.29, 0.717) is 34.4 Å². The van der Waals surface area contributed by atoms with Gasteiger partial charge in [-0.15, -0.1) is 0 Å². The fraction of sp³-hybridized carbons (Fsp3) is 0.310. The monoisotopic (exact) mass is 529 g/mol. The molecule has 4 aromatic rings. The van der Waals surface area contributed by atoms with Gasteiger partial charge in [-0.3, -0.25) is 19.6 Å². The Balaban J connectivity index is 1.59. The zero-order chi connectivity index (χ0) is 26.8. The standard InChI is InChI=1S/C29H31N3O5Si/c1-18-26(38(2,3)36)25(15-16-33)37-29(18)22-17-20(32-27(34)21-11-7-8-12-23(21)30-32)13-14-24(22)31(28(29)35)19-9-5-4-6-10-19/h4-14,17-18,25-26,30,33,36H,15-16H2,1-3H3/t18-,25+,26-,29+/m1/s1. The number of aromatic amines is 1. The summed E-state index contributed by atoms with van der Waals surface area (Å²) in [6.07, 6.45) is -0.156. The van der Waals surface area contributed by atoms with E-state index >= 15 is 0 Å². The highest BCUT2D eigenvalue weighted by Gasteiger charge is 2.66. The minimum atomic E-state index is -2.81. The van der Waals surface area contributed by atoms with E-state index in [9.17, 15) is 19.5 Å². The van der Waals surface area contributed by atoms with Crippen molar-refractivity contribution in [3.63, 3.8) is 0 Å². The fourth-order valence-electron chi connectivity index (χ4n) is 6.60. The number of aliphatic hydroxyl groups is 1. The number of rotatable bonds is 5. The van der Waals surface area contributed by atoms with E-state index in [4.69, 9.17) is 4.74 Å². The Labute approximate surface area is 221 Å². The molecule has 8 nitrogen and oxygen atoms in total. The topological polar surface area (TPSA) is 108 Å². The van der Waals surface area contributed by atoms with Gasteiger partial charge in [-0.05, 0) is 62.0 Å². The van der Waals surface area contributed by atoms with Crippen LogP contribution in [-0.4, -0.2) is 46.6 Å². The molecule has 38 heavy (non-hydrogen) atoms. The van der Waals surface area contributed by atoms with Crippen molar-refractivity contribution in [1.82, 2.24) is 9.78 Å². The number of benzene rings is 3. The number of aromatic nitrogens is 2. The number of aliphatic hydroxyl groups excluding tert-OH is 1. The lowest BCUT2D eigenvalue weighted by molar-refractivity contribution is -0.145. The summed E-state index contributed by atoms with van der Waals surface area (Å²) in [6.45, 7) is 5.57. The molecule has 1 fully saturated rings. The number of carbonyl (C=O) groups is 1. The summed E-state index contributed by atoms with van der Waals surface area (Å²) >= 11 is 0. The predicted molar refractivity (Wildman–Crippen MR) is 148 cm³/mol. The van der Waals surface area contributed by atoms with Crippen LogP contribution in [0.5, 0.6) is 0 Å². The zero-order valence-corrected chi connectivity index (χ0v) is 22.6. The van der Waals surface area contributed by atoms with Crippen LogP contribution < -0.4 is 10.5 Å². The summed E-state index contributed by atoms with van der Waals surface area (Å²) in [5.41, 5.74) is 1.54. The largest absolute Gasteiger partial charge is 0.432 e. The highest BCUT2D eigenvalue weighted by atomic mass is 28.4. The molecule has 1 amide bonds. The van der Waals surface area contributed by atoms with Gasteiger partial charge >= 0.3 is 0 Å². The fourth-order valence-corrected chi connectivity index (χ4v) is 9.20. The number of amides is 1. The molecule has 3 heterocycles. The number of hydrogen-bond donors (Lipinski definition) is 3. The van der Waals surface area contributed by atoms with E-state index in [0.717, 1.165) is 5.52 Å². The molecule has 2 aliphatic heterocycles. The molecule has 196 valence electrons. The quantitative estimate of drug-likeness (QED) is 0.336. The van der Waals surface area contributed by atoms with E-state index in [1.807, 2.05) is 86.7 Å². The van der Waals surface area contributed by atoms with E-state index in [1.165, 1.54) is 4.68 Å². The highest BCUT2D eigenvalue weighted by molar-refractivity contribution is 6.71. The molecule has 0 unspecified atom stereocenters. The van der Waals surface area contributed by atoms with Crippen LogP contribution >= 0.6 is 0 Å². The van der Waals surface area contributed by atoms with Crippen LogP contribution in [0.25, 0.3) is 16.6 Å². The molecule has 3 N–H and O–H groups in total. The molecule has 2 aliphatic rings. The average molecular weight is 530 g/mol. The van der Waals surface area contributed by atoms with Crippen LogP contribution in [0.3, 0.4) is 0 Å². The predicted octanol–water partition coefficient (Wildman–Crippen LogP) is 4.18. The van der Waals surface area contributed by atoms with E-state index < -0.39 is 20.0 Å². The molecular weight excluding hydrogens is 498 g/mol. The minimum Gasteiger partial charge on any atom is -0.432 e. The number of ether oxygens (including phenoxy) is 1. The Morgan fingerprint density at radius 2 is 1.71 bits per heavy atom. The van der Waals surface area contributed by atoms with Crippen molar-refractivity contribution in [2.45, 2.75) is 43.7 Å². The first-order chi connectivity index (χ1) is 18.2. The average Bonchev–Trinajstić information content (AvgIpc) is 3.48. The zero-order valence-electron chi connectivity index (χ0n) is 21.6. The van der Waals surface area contributed by atoms with Crippen LogP contribution in [0.2, 0.25) is 18.6 Å². The van der Waals surface area contributed by atoms with Crippen LogP contribution in [0, 0.1) is 5.92 Å². The number of carbonyl (C=O) groups excluding carboxylic acids is 1. The van der Waals surface area contributed by atoms with Crippen molar-refractivity contribution < 1.29 is 19.4 Å². The number of H-pyrrole nitrogens is 1. The first-order valence-corrected chi connectivity index (χ1v) is 16.0. The van der Waals surface area contributed by atoms with Gasteiger partial charge in [0.1, 0.15) is 0 Å². The van der Waals surface area contributed by atoms with Crippen molar-refractivity contribution in [2.24, 2.45) is 5.92 Å². The summed E-state index contributed by atoms with van der Waals surface area (Å²) in [7, 11) is -2.81. The molecule has 0 bridgehead atoms. The number of hydrogen-bond acceptors (Lipinski definition) is 5. The lowest BCUT2D eigenvalue weighted by Crippen LogP contribution is -2.45. The van der Waals surface area contributed by atoms with Crippen molar-refractivity contribution in [2.75, 3.05) is 11.5 Å². The normalized spacial score (nSPS) is 25.0. The summed E-state index contributed by atoms with van der Waals surface area (Å²) in [4.78, 5) is 40.7. The molecule has 1 saturated heterocycles. The van der Waals surface area contributed by atoms with Gasteiger partial charge in [-0.25, -0.2) is 4.68 Å². The Morgan fingerprint density at radius 1 is 1.00 bits per heavy atom. The number of fused-ring (bicyclic) bond motifs is 3. The van der Waals surface area contributed by atoms with Gasteiger partial charge < -0.3 is 14.6 Å². The molecular formula is C29H31N3O5Si. The van der Waals surface area contributed by atoms with Gasteiger partial charge in [0.2, 0.25) is 0 Å². The first-order valence-electron chi connectivity index (χ1n) is 12.9. The Bertz CT molecular complexity index is 1590. The second-order valence-electron chi connectivity index (χ2n) is 10.8. The first kappa shape index (κ1) is 24.8. The number of nitrogens with one attached hydrogen (secondary N) is 1. The smallest absolute Gasteiger partial charge is 0.279 e. The number of nitrogens with zero attached hydrogens (tertiary/aromatic N) is 2. The molecule has 1 spiro atoms. The molecule has 0 radical (unpaired) electrons. The van der Waals surface area contributed by atoms with Crippen molar-refractivity contribution in [3.05, 3.63) is 88.7 Å². The van der Waals surface area contributed by atoms with Crippen LogP contribution in [-0.2, 0) is 15.1 Å². The van der Waals surface area contributed by atoms with Gasteiger partial charge in [0.15, 0.2) is 13.9 Å². The van der Waals surface area contributed by atoms with E-state index in [2.05, 4.69) is 5.10 Å². The van der Waals surface area contributed by atoms with Crippen LogP contribution in [0.15, 0.2) is 77.6 Å². The molecule has 3 aromatic carbocycles. The third-order valence-electron chi connectivity index (χ3n) is 8.15. The third-order valence-corrected chi connectivity index (χ3v) is 10.7. The SMILES string of the molecule is C[C@@H]1[C@@H]([Si](C)(C)O)[C@H](CCO)O[C@@]12C(=O)N(c1ccccc1)c1ccc(-n3[nH]c4ccccc4c3=O)cc12. The third kappa shape index (κ3) is 3.46. The van der Waals surface area contributed by atoms with Gasteiger partial charge in [-0.1, -0.05) is 37.3 Å². The maximum Gasteiger partial charge on any atom is 0.279 e. The summed E-state index contributed by atoms with van der Waals surface area (Å²) in [6, 6.07) is 22.3. The Kier molecular flexibility index (Phi) is 5.73. The Hall–Kier alpha value is -3.50. The highest BCUT2D eigenvalue weighted by Crippen LogP contribution is 2.60. The molecule has 1 aromatic heterocycles. The van der Waals surface area contributed by atoms with Gasteiger partial charge in [0.05, 0.1) is 28.4 Å². The van der Waals surface area contributed by atoms with E-state index in [-0.39, 0.29) is 29.5 Å². The van der Waals surface area contributed by atoms with Gasteiger partial charge in [0, 0.05) is 29.3 Å². The second kappa shape index (κ2) is 8.77. The minimum absolute atomic E-state index is 0.109. The second-order valence-corrected chi connectivity index (χ2v) is 14.8. The van der Waals surface area contributed by atoms with Gasteiger partial charge in [-0.2, -0.15) is 0 Å². The van der Waals surface area contributed by atoms with E-state index in [1.54, 1.807) is 11.0 Å². The lowest BCUT2D eigenvalue weighted by Gasteiger charge is -2.32. The van der Waals surface area contributed by atoms with Crippen LogP contribution in [0.4, 0.5) is 11.4 Å².